The van der Waals surface area contributed by atoms with Gasteiger partial charge in [-0.25, -0.2) is 18.7 Å². The number of carbonyl (C=O) groups excluding carboxylic acids is 1. The summed E-state index contributed by atoms with van der Waals surface area (Å²) in [6, 6.07) is 27.3. The van der Waals surface area contributed by atoms with Gasteiger partial charge in [0.25, 0.3) is 0 Å². The number of nitrogens with one attached hydrogen (secondary N) is 1. The van der Waals surface area contributed by atoms with Crippen LogP contribution in [0.3, 0.4) is 0 Å². The van der Waals surface area contributed by atoms with E-state index in [1.807, 2.05) is 66.1 Å². The fourth-order valence-corrected chi connectivity index (χ4v) is 4.57. The maximum Gasteiger partial charge on any atom is 0.244 e. The van der Waals surface area contributed by atoms with E-state index in [1.54, 1.807) is 18.2 Å². The predicted molar refractivity (Wildman–Crippen MR) is 146 cm³/mol. The highest BCUT2D eigenvalue weighted by atomic mass is 19.1. The first-order valence-corrected chi connectivity index (χ1v) is 12.1. The summed E-state index contributed by atoms with van der Waals surface area (Å²) in [4.78, 5) is 22.7. The summed E-state index contributed by atoms with van der Waals surface area (Å²) in [7, 11) is 0. The van der Waals surface area contributed by atoms with Crippen molar-refractivity contribution >= 4 is 33.5 Å². The Hall–Kier alpha value is -4.91. The lowest BCUT2D eigenvalue weighted by atomic mass is 10.0. The molecule has 1 amide bonds. The molecule has 2 heterocycles. The van der Waals surface area contributed by atoms with E-state index in [4.69, 9.17) is 9.97 Å². The average molecular weight is 505 g/mol. The number of hydrogen-bond donors (Lipinski definition) is 1. The van der Waals surface area contributed by atoms with Gasteiger partial charge >= 0.3 is 0 Å². The van der Waals surface area contributed by atoms with Crippen LogP contribution < -0.4 is 5.32 Å². The number of para-hydroxylation sites is 2. The fourth-order valence-electron chi connectivity index (χ4n) is 4.57. The second-order valence-corrected chi connectivity index (χ2v) is 9.15. The fraction of sp³-hybridized carbons (Fsp3) is 0.0645. The number of imidazole rings is 1. The number of halogens is 2. The standard InChI is InChI=1S/C31H22F2N4O/c1-19-6-13-23(14-7-19)34-30(38)18-37-29-5-3-2-4-27(29)36-31(37)25-17-28(20-8-10-21(32)11-9-20)35-26-15-12-22(33)16-24(25)26/h2-17H,18H2,1H3,(H,34,38). The van der Waals surface area contributed by atoms with Crippen molar-refractivity contribution < 1.29 is 13.6 Å². The first-order valence-electron chi connectivity index (χ1n) is 12.1. The molecule has 6 aromatic rings. The molecular weight excluding hydrogens is 482 g/mol. The molecule has 0 saturated heterocycles. The molecule has 0 spiro atoms. The lowest BCUT2D eigenvalue weighted by Gasteiger charge is -2.13. The number of rotatable bonds is 5. The van der Waals surface area contributed by atoms with Crippen LogP contribution in [0.4, 0.5) is 14.5 Å². The largest absolute Gasteiger partial charge is 0.325 e. The predicted octanol–water partition coefficient (Wildman–Crippen LogP) is 7.14. The van der Waals surface area contributed by atoms with Crippen molar-refractivity contribution in [2.45, 2.75) is 13.5 Å². The van der Waals surface area contributed by atoms with Gasteiger partial charge in [0.15, 0.2) is 0 Å². The third-order valence-electron chi connectivity index (χ3n) is 6.44. The normalized spacial score (nSPS) is 11.2. The molecule has 0 unspecified atom stereocenters. The van der Waals surface area contributed by atoms with Crippen molar-refractivity contribution in [1.29, 1.82) is 0 Å². The summed E-state index contributed by atoms with van der Waals surface area (Å²) < 4.78 is 29.9. The minimum Gasteiger partial charge on any atom is -0.325 e. The maximum absolute atomic E-state index is 14.4. The summed E-state index contributed by atoms with van der Waals surface area (Å²) in [5.74, 6) is -0.471. The Morgan fingerprint density at radius 1 is 0.816 bits per heavy atom. The number of anilines is 1. The summed E-state index contributed by atoms with van der Waals surface area (Å²) in [6.07, 6.45) is 0. The van der Waals surface area contributed by atoms with Gasteiger partial charge in [-0.2, -0.15) is 0 Å². The number of pyridine rings is 1. The number of benzene rings is 4. The molecule has 38 heavy (non-hydrogen) atoms. The molecule has 5 nitrogen and oxygen atoms in total. The van der Waals surface area contributed by atoms with E-state index in [2.05, 4.69) is 5.32 Å². The Kier molecular flexibility index (Phi) is 5.88. The van der Waals surface area contributed by atoms with Gasteiger partial charge in [0.05, 0.1) is 22.2 Å². The maximum atomic E-state index is 14.4. The van der Waals surface area contributed by atoms with Gasteiger partial charge in [-0.3, -0.25) is 4.79 Å². The highest BCUT2D eigenvalue weighted by Gasteiger charge is 2.19. The average Bonchev–Trinajstić information content (AvgIpc) is 3.28. The van der Waals surface area contributed by atoms with Crippen molar-refractivity contribution in [3.05, 3.63) is 114 Å². The van der Waals surface area contributed by atoms with Gasteiger partial charge in [0.2, 0.25) is 5.91 Å². The van der Waals surface area contributed by atoms with E-state index in [1.165, 1.54) is 24.3 Å². The molecule has 0 aliphatic heterocycles. The van der Waals surface area contributed by atoms with Crippen LogP contribution in [0.25, 0.3) is 44.6 Å². The molecule has 0 radical (unpaired) electrons. The molecule has 186 valence electrons. The zero-order valence-electron chi connectivity index (χ0n) is 20.5. The van der Waals surface area contributed by atoms with E-state index in [0.717, 1.165) is 11.1 Å². The zero-order valence-corrected chi connectivity index (χ0v) is 20.5. The second-order valence-electron chi connectivity index (χ2n) is 9.15. The highest BCUT2D eigenvalue weighted by Crippen LogP contribution is 2.34. The molecule has 0 bridgehead atoms. The molecule has 2 aromatic heterocycles. The van der Waals surface area contributed by atoms with Crippen LogP contribution in [-0.2, 0) is 11.3 Å². The van der Waals surface area contributed by atoms with E-state index in [0.29, 0.717) is 44.8 Å². The molecule has 0 aliphatic carbocycles. The van der Waals surface area contributed by atoms with Gasteiger partial charge in [-0.05, 0) is 79.7 Å². The Morgan fingerprint density at radius 2 is 1.55 bits per heavy atom. The number of hydrogen-bond acceptors (Lipinski definition) is 3. The number of fused-ring (bicyclic) bond motifs is 2. The summed E-state index contributed by atoms with van der Waals surface area (Å²) >= 11 is 0. The second kappa shape index (κ2) is 9.52. The van der Waals surface area contributed by atoms with Crippen molar-refractivity contribution in [1.82, 2.24) is 14.5 Å². The minimum absolute atomic E-state index is 0.00522. The molecule has 4 aromatic carbocycles. The SMILES string of the molecule is Cc1ccc(NC(=O)Cn2c(-c3cc(-c4ccc(F)cc4)nc4ccc(F)cc34)nc3ccccc32)cc1. The van der Waals surface area contributed by atoms with E-state index in [9.17, 15) is 13.6 Å². The number of carbonyl (C=O) groups is 1. The molecule has 0 fully saturated rings. The van der Waals surface area contributed by atoms with Crippen molar-refractivity contribution in [2.24, 2.45) is 0 Å². The Labute approximate surface area is 217 Å². The van der Waals surface area contributed by atoms with Gasteiger partial charge in [0, 0.05) is 22.2 Å². The summed E-state index contributed by atoms with van der Waals surface area (Å²) in [6.45, 7) is 1.98. The molecule has 0 atom stereocenters. The lowest BCUT2D eigenvalue weighted by Crippen LogP contribution is -2.19. The molecule has 7 heteroatoms. The van der Waals surface area contributed by atoms with Crippen molar-refractivity contribution in [3.8, 4) is 22.6 Å². The first kappa shape index (κ1) is 23.5. The van der Waals surface area contributed by atoms with Crippen molar-refractivity contribution in [2.75, 3.05) is 5.32 Å². The third kappa shape index (κ3) is 4.50. The van der Waals surface area contributed by atoms with E-state index in [-0.39, 0.29) is 18.3 Å². The molecule has 0 aliphatic rings. The van der Waals surface area contributed by atoms with Gasteiger partial charge < -0.3 is 9.88 Å². The van der Waals surface area contributed by atoms with Crippen LogP contribution in [0.15, 0.2) is 97.1 Å². The first-order chi connectivity index (χ1) is 18.4. The molecule has 0 saturated carbocycles. The molecular formula is C31H22F2N4O. The number of amides is 1. The number of aromatic nitrogens is 3. The van der Waals surface area contributed by atoms with Gasteiger partial charge in [0.1, 0.15) is 24.0 Å². The van der Waals surface area contributed by atoms with Crippen LogP contribution in [0, 0.1) is 18.6 Å². The van der Waals surface area contributed by atoms with Crippen LogP contribution in [0.1, 0.15) is 5.56 Å². The monoisotopic (exact) mass is 504 g/mol. The molecule has 1 N–H and O–H groups in total. The Morgan fingerprint density at radius 3 is 2.34 bits per heavy atom. The zero-order chi connectivity index (χ0) is 26.2. The van der Waals surface area contributed by atoms with Crippen LogP contribution in [-0.4, -0.2) is 20.4 Å². The van der Waals surface area contributed by atoms with E-state index >= 15 is 0 Å². The topological polar surface area (TPSA) is 59.8 Å². The smallest absolute Gasteiger partial charge is 0.244 e. The quantitative estimate of drug-likeness (QED) is 0.271. The Bertz CT molecular complexity index is 1810. The van der Waals surface area contributed by atoms with Crippen LogP contribution in [0.2, 0.25) is 0 Å². The number of nitrogens with zero attached hydrogens (tertiary/aromatic N) is 3. The third-order valence-corrected chi connectivity index (χ3v) is 6.44. The van der Waals surface area contributed by atoms with Crippen LogP contribution >= 0.6 is 0 Å². The van der Waals surface area contributed by atoms with E-state index < -0.39 is 5.82 Å². The Balaban J connectivity index is 1.51. The molecule has 6 rings (SSSR count). The number of aryl methyl sites for hydroxylation is 1. The lowest BCUT2D eigenvalue weighted by molar-refractivity contribution is -0.116. The van der Waals surface area contributed by atoms with Gasteiger partial charge in [-0.1, -0.05) is 29.8 Å². The summed E-state index contributed by atoms with van der Waals surface area (Å²) in [5, 5.41) is 3.51. The van der Waals surface area contributed by atoms with Crippen LogP contribution in [0.5, 0.6) is 0 Å². The van der Waals surface area contributed by atoms with Crippen molar-refractivity contribution in [3.63, 3.8) is 0 Å². The summed E-state index contributed by atoms with van der Waals surface area (Å²) in [5.41, 5.74) is 5.74. The minimum atomic E-state index is -0.408. The van der Waals surface area contributed by atoms with Gasteiger partial charge in [-0.15, -0.1) is 0 Å². The highest BCUT2D eigenvalue weighted by molar-refractivity contribution is 5.98.